The summed E-state index contributed by atoms with van der Waals surface area (Å²) in [6.45, 7) is 5.46. The molecule has 28 heavy (non-hydrogen) atoms. The van der Waals surface area contributed by atoms with E-state index >= 15 is 0 Å². The molecular formula is C21H21ClN4O2. The fourth-order valence-corrected chi connectivity index (χ4v) is 3.46. The summed E-state index contributed by atoms with van der Waals surface area (Å²) in [4.78, 5) is 16.7. The van der Waals surface area contributed by atoms with Crippen LogP contribution in [-0.4, -0.2) is 52.1 Å². The van der Waals surface area contributed by atoms with E-state index in [4.69, 9.17) is 16.0 Å². The summed E-state index contributed by atoms with van der Waals surface area (Å²) in [7, 11) is 0. The van der Waals surface area contributed by atoms with Crippen LogP contribution in [0.15, 0.2) is 52.9 Å². The van der Waals surface area contributed by atoms with Gasteiger partial charge in [0.15, 0.2) is 0 Å². The van der Waals surface area contributed by atoms with Crippen molar-refractivity contribution < 1.29 is 9.21 Å². The van der Waals surface area contributed by atoms with Gasteiger partial charge in [-0.15, -0.1) is 10.2 Å². The molecule has 1 amide bonds. The largest absolute Gasteiger partial charge is 0.419 e. The summed E-state index contributed by atoms with van der Waals surface area (Å²) in [6, 6.07) is 15.1. The number of hydrogen-bond acceptors (Lipinski definition) is 5. The van der Waals surface area contributed by atoms with E-state index in [0.29, 0.717) is 36.4 Å². The number of carbonyl (C=O) groups is 1. The van der Waals surface area contributed by atoms with Crippen molar-refractivity contribution in [2.45, 2.75) is 13.5 Å². The van der Waals surface area contributed by atoms with Crippen molar-refractivity contribution in [1.29, 1.82) is 0 Å². The Kier molecular flexibility index (Phi) is 5.41. The van der Waals surface area contributed by atoms with E-state index in [-0.39, 0.29) is 5.91 Å². The zero-order chi connectivity index (χ0) is 19.5. The van der Waals surface area contributed by atoms with Gasteiger partial charge in [0.25, 0.3) is 5.91 Å². The van der Waals surface area contributed by atoms with E-state index in [1.807, 2.05) is 54.3 Å². The van der Waals surface area contributed by atoms with Crippen LogP contribution in [0.4, 0.5) is 0 Å². The summed E-state index contributed by atoms with van der Waals surface area (Å²) in [6.07, 6.45) is 0. The maximum absolute atomic E-state index is 12.6. The molecule has 0 N–H and O–H groups in total. The standard InChI is InChI=1S/C21H21ClN4O2/c1-15-6-8-16(9-7-15)21(27)26-12-10-25(11-13-26)14-19-23-24-20(28-19)17-4-2-3-5-18(17)22/h2-9H,10-14H2,1H3. The molecule has 0 aliphatic carbocycles. The average Bonchev–Trinajstić information content (AvgIpc) is 3.17. The summed E-state index contributed by atoms with van der Waals surface area (Å²) in [5.41, 5.74) is 2.62. The van der Waals surface area contributed by atoms with Crippen molar-refractivity contribution in [1.82, 2.24) is 20.0 Å². The van der Waals surface area contributed by atoms with E-state index in [1.165, 1.54) is 0 Å². The molecule has 144 valence electrons. The van der Waals surface area contributed by atoms with Crippen LogP contribution < -0.4 is 0 Å². The number of nitrogens with zero attached hydrogens (tertiary/aromatic N) is 4. The maximum Gasteiger partial charge on any atom is 0.253 e. The highest BCUT2D eigenvalue weighted by Crippen LogP contribution is 2.26. The number of amides is 1. The van der Waals surface area contributed by atoms with Crippen molar-refractivity contribution in [2.24, 2.45) is 0 Å². The Balaban J connectivity index is 1.34. The third-order valence-corrected chi connectivity index (χ3v) is 5.22. The van der Waals surface area contributed by atoms with Crippen molar-refractivity contribution in [3.8, 4) is 11.5 Å². The molecule has 1 fully saturated rings. The minimum Gasteiger partial charge on any atom is -0.419 e. The second-order valence-electron chi connectivity index (χ2n) is 6.92. The number of aromatic nitrogens is 2. The number of aryl methyl sites for hydroxylation is 1. The van der Waals surface area contributed by atoms with E-state index in [2.05, 4.69) is 15.1 Å². The van der Waals surface area contributed by atoms with Gasteiger partial charge >= 0.3 is 0 Å². The molecule has 6 nitrogen and oxygen atoms in total. The molecule has 4 rings (SSSR count). The molecule has 1 aliphatic heterocycles. The van der Waals surface area contributed by atoms with Gasteiger partial charge in [0, 0.05) is 31.7 Å². The van der Waals surface area contributed by atoms with E-state index in [0.717, 1.165) is 29.8 Å². The van der Waals surface area contributed by atoms with Crippen LogP contribution in [0.1, 0.15) is 21.8 Å². The predicted octanol–water partition coefficient (Wildman–Crippen LogP) is 3.66. The quantitative estimate of drug-likeness (QED) is 0.673. The van der Waals surface area contributed by atoms with Gasteiger partial charge in [0.05, 0.1) is 17.1 Å². The number of piperazine rings is 1. The Labute approximate surface area is 168 Å². The highest BCUT2D eigenvalue weighted by atomic mass is 35.5. The Morgan fingerprint density at radius 1 is 1.04 bits per heavy atom. The van der Waals surface area contributed by atoms with Crippen LogP contribution in [0, 0.1) is 6.92 Å². The van der Waals surface area contributed by atoms with E-state index in [1.54, 1.807) is 6.07 Å². The number of hydrogen-bond donors (Lipinski definition) is 0. The molecular weight excluding hydrogens is 376 g/mol. The summed E-state index contributed by atoms with van der Waals surface area (Å²) in [5, 5.41) is 8.83. The second kappa shape index (κ2) is 8.12. The van der Waals surface area contributed by atoms with Crippen molar-refractivity contribution in [3.63, 3.8) is 0 Å². The Morgan fingerprint density at radius 3 is 2.46 bits per heavy atom. The van der Waals surface area contributed by atoms with Gasteiger partial charge in [0.2, 0.25) is 11.8 Å². The topological polar surface area (TPSA) is 62.5 Å². The fourth-order valence-electron chi connectivity index (χ4n) is 3.24. The first-order chi connectivity index (χ1) is 13.6. The van der Waals surface area contributed by atoms with Gasteiger partial charge in [-0.3, -0.25) is 9.69 Å². The third kappa shape index (κ3) is 4.08. The second-order valence-corrected chi connectivity index (χ2v) is 7.32. The van der Waals surface area contributed by atoms with Gasteiger partial charge in [0.1, 0.15) is 0 Å². The lowest BCUT2D eigenvalue weighted by Crippen LogP contribution is -2.48. The van der Waals surface area contributed by atoms with E-state index < -0.39 is 0 Å². The van der Waals surface area contributed by atoms with E-state index in [9.17, 15) is 4.79 Å². The number of carbonyl (C=O) groups excluding carboxylic acids is 1. The first kappa shape index (κ1) is 18.7. The number of halogens is 1. The van der Waals surface area contributed by atoms with Gasteiger partial charge in [-0.1, -0.05) is 41.4 Å². The van der Waals surface area contributed by atoms with Crippen molar-refractivity contribution in [2.75, 3.05) is 26.2 Å². The summed E-state index contributed by atoms with van der Waals surface area (Å²) >= 11 is 6.19. The third-order valence-electron chi connectivity index (χ3n) is 4.89. The monoisotopic (exact) mass is 396 g/mol. The van der Waals surface area contributed by atoms with Crippen LogP contribution in [0.25, 0.3) is 11.5 Å². The smallest absolute Gasteiger partial charge is 0.253 e. The van der Waals surface area contributed by atoms with Crippen LogP contribution in [0.2, 0.25) is 5.02 Å². The normalized spacial score (nSPS) is 15.0. The lowest BCUT2D eigenvalue weighted by Gasteiger charge is -2.34. The Morgan fingerprint density at radius 2 is 1.75 bits per heavy atom. The Bertz CT molecular complexity index is 963. The molecule has 1 aliphatic rings. The highest BCUT2D eigenvalue weighted by Gasteiger charge is 2.23. The molecule has 3 aromatic rings. The SMILES string of the molecule is Cc1ccc(C(=O)N2CCN(Cc3nnc(-c4ccccc4Cl)o3)CC2)cc1. The van der Waals surface area contributed by atoms with Crippen LogP contribution >= 0.6 is 11.6 Å². The molecule has 0 atom stereocenters. The van der Waals surface area contributed by atoms with Crippen molar-refractivity contribution in [3.05, 3.63) is 70.6 Å². The first-order valence-electron chi connectivity index (χ1n) is 9.26. The highest BCUT2D eigenvalue weighted by molar-refractivity contribution is 6.33. The first-order valence-corrected chi connectivity index (χ1v) is 9.63. The van der Waals surface area contributed by atoms with Gasteiger partial charge in [-0.05, 0) is 31.2 Å². The van der Waals surface area contributed by atoms with Gasteiger partial charge in [-0.2, -0.15) is 0 Å². The molecule has 7 heteroatoms. The molecule has 0 saturated carbocycles. The summed E-state index contributed by atoms with van der Waals surface area (Å²) in [5.74, 6) is 1.06. The lowest BCUT2D eigenvalue weighted by atomic mass is 10.1. The molecule has 0 bridgehead atoms. The number of rotatable bonds is 4. The molecule has 0 spiro atoms. The zero-order valence-electron chi connectivity index (χ0n) is 15.6. The van der Waals surface area contributed by atoms with Crippen LogP contribution in [-0.2, 0) is 6.54 Å². The molecule has 1 saturated heterocycles. The van der Waals surface area contributed by atoms with Crippen molar-refractivity contribution >= 4 is 17.5 Å². The minimum absolute atomic E-state index is 0.0819. The molecule has 0 unspecified atom stereocenters. The predicted molar refractivity (Wildman–Crippen MR) is 107 cm³/mol. The Hall–Kier alpha value is -2.70. The van der Waals surface area contributed by atoms with Crippen LogP contribution in [0.3, 0.4) is 0 Å². The fraction of sp³-hybridized carbons (Fsp3) is 0.286. The van der Waals surface area contributed by atoms with Gasteiger partial charge in [-0.25, -0.2) is 0 Å². The molecule has 2 aromatic carbocycles. The zero-order valence-corrected chi connectivity index (χ0v) is 16.4. The molecule has 1 aromatic heterocycles. The molecule has 0 radical (unpaired) electrons. The maximum atomic E-state index is 12.6. The summed E-state index contributed by atoms with van der Waals surface area (Å²) < 4.78 is 5.78. The van der Waals surface area contributed by atoms with Gasteiger partial charge < -0.3 is 9.32 Å². The minimum atomic E-state index is 0.0819. The van der Waals surface area contributed by atoms with Crippen LogP contribution in [0.5, 0.6) is 0 Å². The lowest BCUT2D eigenvalue weighted by molar-refractivity contribution is 0.0618. The molecule has 2 heterocycles. The average molecular weight is 397 g/mol. The number of benzene rings is 2.